The van der Waals surface area contributed by atoms with E-state index in [0.29, 0.717) is 16.3 Å². The van der Waals surface area contributed by atoms with Crippen molar-refractivity contribution >= 4 is 34.8 Å². The summed E-state index contributed by atoms with van der Waals surface area (Å²) in [7, 11) is 0. The minimum Gasteiger partial charge on any atom is -0.376 e. The Hall–Kier alpha value is -2.53. The smallest absolute Gasteiger partial charge is 0.253 e. The standard InChI is InChI=1S/C22H28ClN3O2/c1-4-13-26(14-5-2)22(28)17-9-11-18(12-10-17)25-21(27)15-24-20-8-6-7-19(23)16(20)3/h6-12,24H,4-5,13-15H2,1-3H3,(H,25,27). The molecule has 0 atom stereocenters. The largest absolute Gasteiger partial charge is 0.376 e. The van der Waals surface area contributed by atoms with Crippen LogP contribution in [0.25, 0.3) is 0 Å². The first-order chi connectivity index (χ1) is 13.5. The van der Waals surface area contributed by atoms with E-state index in [1.165, 1.54) is 0 Å². The van der Waals surface area contributed by atoms with E-state index in [-0.39, 0.29) is 18.4 Å². The van der Waals surface area contributed by atoms with Crippen molar-refractivity contribution in [1.82, 2.24) is 4.90 Å². The molecule has 0 saturated heterocycles. The van der Waals surface area contributed by atoms with Gasteiger partial charge in [-0.2, -0.15) is 0 Å². The van der Waals surface area contributed by atoms with Crippen LogP contribution in [0.5, 0.6) is 0 Å². The molecule has 0 aromatic heterocycles. The van der Waals surface area contributed by atoms with Crippen molar-refractivity contribution in [3.63, 3.8) is 0 Å². The summed E-state index contributed by atoms with van der Waals surface area (Å²) in [6, 6.07) is 12.6. The van der Waals surface area contributed by atoms with Gasteiger partial charge >= 0.3 is 0 Å². The quantitative estimate of drug-likeness (QED) is 0.624. The molecule has 0 aliphatic heterocycles. The van der Waals surface area contributed by atoms with Crippen LogP contribution in [0.2, 0.25) is 5.02 Å². The molecule has 28 heavy (non-hydrogen) atoms. The van der Waals surface area contributed by atoms with Gasteiger partial charge in [0.2, 0.25) is 5.91 Å². The zero-order valence-corrected chi connectivity index (χ0v) is 17.5. The first-order valence-corrected chi connectivity index (χ1v) is 10.0. The van der Waals surface area contributed by atoms with Crippen LogP contribution in [-0.2, 0) is 4.79 Å². The van der Waals surface area contributed by atoms with Gasteiger partial charge < -0.3 is 15.5 Å². The first-order valence-electron chi connectivity index (χ1n) is 9.64. The van der Waals surface area contributed by atoms with Gasteiger partial charge in [0.25, 0.3) is 5.91 Å². The summed E-state index contributed by atoms with van der Waals surface area (Å²) < 4.78 is 0. The Bertz CT molecular complexity index is 800. The number of anilines is 2. The van der Waals surface area contributed by atoms with Crippen molar-refractivity contribution in [3.8, 4) is 0 Å². The maximum atomic E-state index is 12.6. The van der Waals surface area contributed by atoms with Crippen LogP contribution in [0.1, 0.15) is 42.6 Å². The van der Waals surface area contributed by atoms with Gasteiger partial charge in [0.15, 0.2) is 0 Å². The predicted molar refractivity (Wildman–Crippen MR) is 116 cm³/mol. The zero-order chi connectivity index (χ0) is 20.5. The van der Waals surface area contributed by atoms with Crippen molar-refractivity contribution in [1.29, 1.82) is 0 Å². The number of carbonyl (C=O) groups excluding carboxylic acids is 2. The second-order valence-corrected chi connectivity index (χ2v) is 7.09. The van der Waals surface area contributed by atoms with Crippen molar-refractivity contribution in [2.24, 2.45) is 0 Å². The average Bonchev–Trinajstić information content (AvgIpc) is 2.69. The summed E-state index contributed by atoms with van der Waals surface area (Å²) in [4.78, 5) is 26.7. The van der Waals surface area contributed by atoms with Gasteiger partial charge in [-0.15, -0.1) is 0 Å². The van der Waals surface area contributed by atoms with Gasteiger partial charge in [-0.3, -0.25) is 9.59 Å². The third-order valence-corrected chi connectivity index (χ3v) is 4.81. The zero-order valence-electron chi connectivity index (χ0n) is 16.7. The number of hydrogen-bond donors (Lipinski definition) is 2. The van der Waals surface area contributed by atoms with Crippen molar-refractivity contribution in [2.75, 3.05) is 30.3 Å². The molecule has 2 aromatic rings. The molecule has 150 valence electrons. The van der Waals surface area contributed by atoms with Crippen molar-refractivity contribution in [3.05, 3.63) is 58.6 Å². The SMILES string of the molecule is CCCN(CCC)C(=O)c1ccc(NC(=O)CNc2cccc(Cl)c2C)cc1. The van der Waals surface area contributed by atoms with Crippen LogP contribution in [0, 0.1) is 6.92 Å². The van der Waals surface area contributed by atoms with Gasteiger partial charge in [0.05, 0.1) is 6.54 Å². The molecule has 0 aliphatic rings. The molecular weight excluding hydrogens is 374 g/mol. The number of halogens is 1. The molecule has 0 bridgehead atoms. The van der Waals surface area contributed by atoms with Crippen molar-refractivity contribution in [2.45, 2.75) is 33.6 Å². The van der Waals surface area contributed by atoms with Crippen LogP contribution in [-0.4, -0.2) is 36.3 Å². The minimum absolute atomic E-state index is 0.0275. The average molecular weight is 402 g/mol. The molecule has 0 aliphatic carbocycles. The molecule has 2 amide bonds. The lowest BCUT2D eigenvalue weighted by Gasteiger charge is -2.21. The molecule has 2 N–H and O–H groups in total. The molecule has 0 heterocycles. The monoisotopic (exact) mass is 401 g/mol. The highest BCUT2D eigenvalue weighted by Gasteiger charge is 2.14. The number of nitrogens with zero attached hydrogens (tertiary/aromatic N) is 1. The van der Waals surface area contributed by atoms with Crippen LogP contribution in [0.3, 0.4) is 0 Å². The first kappa shape index (κ1) is 21.8. The summed E-state index contributed by atoms with van der Waals surface area (Å²) in [6.45, 7) is 7.65. The topological polar surface area (TPSA) is 61.4 Å². The fourth-order valence-electron chi connectivity index (χ4n) is 2.91. The molecule has 6 heteroatoms. The van der Waals surface area contributed by atoms with Crippen LogP contribution in [0.15, 0.2) is 42.5 Å². The highest BCUT2D eigenvalue weighted by atomic mass is 35.5. The lowest BCUT2D eigenvalue weighted by atomic mass is 10.1. The Morgan fingerprint density at radius 3 is 2.25 bits per heavy atom. The van der Waals surface area contributed by atoms with Gasteiger partial charge in [0, 0.05) is 35.1 Å². The van der Waals surface area contributed by atoms with Crippen molar-refractivity contribution < 1.29 is 9.59 Å². The maximum Gasteiger partial charge on any atom is 0.253 e. The predicted octanol–water partition coefficient (Wildman–Crippen LogP) is 4.96. The fourth-order valence-corrected chi connectivity index (χ4v) is 3.09. The minimum atomic E-state index is -0.169. The molecule has 2 aromatic carbocycles. The van der Waals surface area contributed by atoms with E-state index in [4.69, 9.17) is 11.6 Å². The summed E-state index contributed by atoms with van der Waals surface area (Å²) in [5, 5.41) is 6.58. The van der Waals surface area contributed by atoms with E-state index >= 15 is 0 Å². The Labute approximate surface area is 172 Å². The van der Waals surface area contributed by atoms with Gasteiger partial charge in [-0.25, -0.2) is 0 Å². The van der Waals surface area contributed by atoms with Gasteiger partial charge in [-0.05, 0) is 61.7 Å². The molecule has 0 fully saturated rings. The Balaban J connectivity index is 1.93. The normalized spacial score (nSPS) is 10.4. The van der Waals surface area contributed by atoms with E-state index in [2.05, 4.69) is 24.5 Å². The highest BCUT2D eigenvalue weighted by Crippen LogP contribution is 2.22. The highest BCUT2D eigenvalue weighted by molar-refractivity contribution is 6.31. The fraction of sp³-hybridized carbons (Fsp3) is 0.364. The molecular formula is C22H28ClN3O2. The lowest BCUT2D eigenvalue weighted by molar-refractivity contribution is -0.114. The number of benzene rings is 2. The van der Waals surface area contributed by atoms with E-state index in [1.54, 1.807) is 24.3 Å². The van der Waals surface area contributed by atoms with E-state index in [1.807, 2.05) is 30.0 Å². The summed E-state index contributed by atoms with van der Waals surface area (Å²) >= 11 is 6.09. The Morgan fingerprint density at radius 1 is 1.00 bits per heavy atom. The maximum absolute atomic E-state index is 12.6. The van der Waals surface area contributed by atoms with E-state index in [9.17, 15) is 9.59 Å². The second kappa shape index (κ2) is 10.7. The molecule has 0 unspecified atom stereocenters. The third kappa shape index (κ3) is 5.99. The molecule has 2 rings (SSSR count). The molecule has 0 radical (unpaired) electrons. The van der Waals surface area contributed by atoms with Gasteiger partial charge in [0.1, 0.15) is 0 Å². The number of carbonyl (C=O) groups is 2. The molecule has 0 spiro atoms. The Kier molecular flexibility index (Phi) is 8.33. The second-order valence-electron chi connectivity index (χ2n) is 6.68. The summed E-state index contributed by atoms with van der Waals surface area (Å²) in [5.74, 6) is -0.142. The summed E-state index contributed by atoms with van der Waals surface area (Å²) in [5.41, 5.74) is 3.02. The van der Waals surface area contributed by atoms with E-state index < -0.39 is 0 Å². The number of amides is 2. The number of hydrogen-bond acceptors (Lipinski definition) is 3. The molecule has 0 saturated carbocycles. The third-order valence-electron chi connectivity index (χ3n) is 4.40. The van der Waals surface area contributed by atoms with Gasteiger partial charge in [-0.1, -0.05) is 31.5 Å². The Morgan fingerprint density at radius 2 is 1.64 bits per heavy atom. The van der Waals surface area contributed by atoms with Crippen LogP contribution < -0.4 is 10.6 Å². The van der Waals surface area contributed by atoms with Crippen LogP contribution in [0.4, 0.5) is 11.4 Å². The number of rotatable bonds is 9. The lowest BCUT2D eigenvalue weighted by Crippen LogP contribution is -2.32. The number of nitrogens with one attached hydrogen (secondary N) is 2. The molecule has 5 nitrogen and oxygen atoms in total. The summed E-state index contributed by atoms with van der Waals surface area (Å²) in [6.07, 6.45) is 1.86. The van der Waals surface area contributed by atoms with Crippen LogP contribution >= 0.6 is 11.6 Å². The van der Waals surface area contributed by atoms with E-state index in [0.717, 1.165) is 37.2 Å².